The Morgan fingerprint density at radius 3 is 1.03 bits per heavy atom. The Balaban J connectivity index is 4.30. The van der Waals surface area contributed by atoms with E-state index in [0.717, 1.165) is 154 Å². The summed E-state index contributed by atoms with van der Waals surface area (Å²) >= 11 is 0. The zero-order valence-electron chi connectivity index (χ0n) is 43.3. The molecule has 384 valence electrons. The van der Waals surface area contributed by atoms with E-state index in [9.17, 15) is 14.7 Å². The van der Waals surface area contributed by atoms with Crippen LogP contribution in [0.2, 0.25) is 0 Å². The Morgan fingerprint density at radius 1 is 0.388 bits per heavy atom. The van der Waals surface area contributed by atoms with Crippen molar-refractivity contribution in [2.24, 2.45) is 0 Å². The van der Waals surface area contributed by atoms with Gasteiger partial charge in [-0.3, -0.25) is 9.59 Å². The number of hydrogen-bond acceptors (Lipinski definition) is 10. The molecule has 0 saturated carbocycles. The molecule has 0 aromatic rings. The average molecular weight is 940 g/mol. The molecule has 1 N–H and O–H groups in total. The van der Waals surface area contributed by atoms with Crippen molar-refractivity contribution in [3.05, 3.63) is 0 Å². The van der Waals surface area contributed by atoms with Crippen LogP contribution in [-0.2, 0) is 38.0 Å². The van der Waals surface area contributed by atoms with Gasteiger partial charge in [-0.05, 0) is 96.6 Å². The minimum absolute atomic E-state index is 0.169. The third kappa shape index (κ3) is 49.2. The quantitative estimate of drug-likeness (QED) is 0.0274. The van der Waals surface area contributed by atoms with Gasteiger partial charge in [-0.25, -0.2) is 0 Å². The predicted molar refractivity (Wildman–Crippen MR) is 274 cm³/mol. The van der Waals surface area contributed by atoms with Crippen molar-refractivity contribution in [2.45, 2.75) is 239 Å². The molecule has 0 aromatic heterocycles. The normalized spacial score (nSPS) is 10.8. The zero-order valence-corrected chi connectivity index (χ0v) is 43.3. The Bertz CT molecular complexity index is 1210. The van der Waals surface area contributed by atoms with Gasteiger partial charge >= 0.3 is 11.9 Å². The summed E-state index contributed by atoms with van der Waals surface area (Å²) < 4.78 is 35.0. The van der Waals surface area contributed by atoms with Crippen LogP contribution in [0.25, 0.3) is 0 Å². The van der Waals surface area contributed by atoms with Crippen LogP contribution in [0.1, 0.15) is 227 Å². The van der Waals surface area contributed by atoms with Crippen molar-refractivity contribution < 1.29 is 43.1 Å². The van der Waals surface area contributed by atoms with Gasteiger partial charge in [0.2, 0.25) is 0 Å². The predicted octanol–water partition coefficient (Wildman–Crippen LogP) is 12.3. The third-order valence-electron chi connectivity index (χ3n) is 10.8. The van der Waals surface area contributed by atoms with Gasteiger partial charge in [0.25, 0.3) is 0 Å². The lowest BCUT2D eigenvalue weighted by Gasteiger charge is -2.22. The van der Waals surface area contributed by atoms with E-state index in [4.69, 9.17) is 28.4 Å². The highest BCUT2D eigenvalue weighted by atomic mass is 16.7. The fourth-order valence-corrected chi connectivity index (χ4v) is 6.72. The lowest BCUT2D eigenvalue weighted by Crippen LogP contribution is -2.28. The fourth-order valence-electron chi connectivity index (χ4n) is 6.72. The molecule has 0 saturated heterocycles. The molecule has 0 bridgehead atoms. The zero-order chi connectivity index (χ0) is 48.8. The van der Waals surface area contributed by atoms with E-state index < -0.39 is 0 Å². The molecule has 10 heteroatoms. The number of rotatable bonds is 45. The summed E-state index contributed by atoms with van der Waals surface area (Å²) in [6, 6.07) is 0. The van der Waals surface area contributed by atoms with Gasteiger partial charge in [-0.15, -0.1) is 47.4 Å². The van der Waals surface area contributed by atoms with E-state index in [-0.39, 0.29) is 31.1 Å². The van der Waals surface area contributed by atoms with E-state index in [0.29, 0.717) is 104 Å². The molecular weight excluding hydrogens is 843 g/mol. The van der Waals surface area contributed by atoms with Crippen LogP contribution in [0.15, 0.2) is 0 Å². The first-order valence-corrected chi connectivity index (χ1v) is 26.9. The Hall–Kier alpha value is -3.06. The van der Waals surface area contributed by atoms with Gasteiger partial charge < -0.3 is 38.4 Å². The topological polar surface area (TPSA) is 113 Å². The van der Waals surface area contributed by atoms with Gasteiger partial charge in [-0.2, -0.15) is 0 Å². The molecule has 67 heavy (non-hydrogen) atoms. The van der Waals surface area contributed by atoms with Crippen LogP contribution in [-0.4, -0.2) is 100 Å². The highest BCUT2D eigenvalue weighted by Gasteiger charge is 2.13. The van der Waals surface area contributed by atoms with E-state index >= 15 is 0 Å². The minimum Gasteiger partial charge on any atom is -0.466 e. The van der Waals surface area contributed by atoms with Crippen molar-refractivity contribution in [1.82, 2.24) is 4.90 Å². The number of unbranched alkanes of at least 4 members (excludes halogenated alkanes) is 14. The number of ether oxygens (including phenoxy) is 6. The second-order valence-corrected chi connectivity index (χ2v) is 17.1. The second kappa shape index (κ2) is 53.9. The molecule has 0 spiro atoms. The summed E-state index contributed by atoms with van der Waals surface area (Å²) in [5.41, 5.74) is 0. The fraction of sp³-hybridized carbons (Fsp3) is 0.825. The number of esters is 2. The Morgan fingerprint density at radius 2 is 0.701 bits per heavy atom. The van der Waals surface area contributed by atoms with Crippen molar-refractivity contribution in [1.29, 1.82) is 0 Å². The van der Waals surface area contributed by atoms with Crippen LogP contribution in [0.4, 0.5) is 0 Å². The molecule has 0 rings (SSSR count). The van der Waals surface area contributed by atoms with Crippen LogP contribution < -0.4 is 0 Å². The maximum Gasteiger partial charge on any atom is 0.305 e. The molecule has 0 unspecified atom stereocenters. The van der Waals surface area contributed by atoms with Gasteiger partial charge in [0.15, 0.2) is 12.6 Å². The maximum absolute atomic E-state index is 12.5. The molecule has 0 radical (unpaired) electrons. The second-order valence-electron chi connectivity index (χ2n) is 17.1. The number of carbonyl (C=O) groups is 2. The van der Waals surface area contributed by atoms with Crippen LogP contribution in [0.5, 0.6) is 0 Å². The Kier molecular flexibility index (Phi) is 51.4. The molecule has 0 fully saturated rings. The first-order chi connectivity index (χ1) is 33.0. The van der Waals surface area contributed by atoms with Gasteiger partial charge in [0, 0.05) is 77.4 Å². The van der Waals surface area contributed by atoms with E-state index in [1.807, 2.05) is 0 Å². The molecule has 0 aliphatic heterocycles. The van der Waals surface area contributed by atoms with Crippen LogP contribution in [0.3, 0.4) is 0 Å². The number of nitrogens with zero attached hydrogens (tertiary/aromatic N) is 1. The van der Waals surface area contributed by atoms with E-state index in [1.54, 1.807) is 0 Å². The van der Waals surface area contributed by atoms with Gasteiger partial charge in [-0.1, -0.05) is 79.1 Å². The molecule has 0 heterocycles. The van der Waals surface area contributed by atoms with E-state index in [2.05, 4.69) is 80.0 Å². The highest BCUT2D eigenvalue weighted by Crippen LogP contribution is 2.12. The summed E-state index contributed by atoms with van der Waals surface area (Å²) in [4.78, 5) is 27.4. The largest absolute Gasteiger partial charge is 0.466 e. The number of hydrogen-bond donors (Lipinski definition) is 1. The summed E-state index contributed by atoms with van der Waals surface area (Å²) in [5.74, 6) is 25.2. The lowest BCUT2D eigenvalue weighted by molar-refractivity contribution is -0.150. The van der Waals surface area contributed by atoms with Crippen molar-refractivity contribution >= 4 is 11.9 Å². The smallest absolute Gasteiger partial charge is 0.305 e. The van der Waals surface area contributed by atoms with Crippen LogP contribution >= 0.6 is 0 Å². The number of aliphatic hydroxyl groups excluding tert-OH is 1. The standard InChI is InChI=1S/C57H97NO9/c1-5-9-13-17-23-33-50-64-56(65-51-34-24-18-14-10-6-2)42-37-40-54(60)62-48-31-27-21-29-44-58(46-39-47-59)45-30-22-28-32-49-63-55(61)41-38-43-57(66-52-35-25-19-15-11-7-3)67-53-36-26-20-16-12-8-4/h56-57,59H,5-16,21-22,27-53H2,1-4H3. The molecule has 0 atom stereocenters. The van der Waals surface area contributed by atoms with E-state index in [1.165, 1.54) is 0 Å². The van der Waals surface area contributed by atoms with Crippen molar-refractivity contribution in [2.75, 3.05) is 65.9 Å². The summed E-state index contributed by atoms with van der Waals surface area (Å²) in [7, 11) is 0. The summed E-state index contributed by atoms with van der Waals surface area (Å²) in [5, 5.41) is 9.45. The van der Waals surface area contributed by atoms with Crippen molar-refractivity contribution in [3.63, 3.8) is 0 Å². The van der Waals surface area contributed by atoms with Crippen molar-refractivity contribution in [3.8, 4) is 47.4 Å². The maximum atomic E-state index is 12.5. The monoisotopic (exact) mass is 940 g/mol. The molecule has 0 aliphatic rings. The molecule has 0 aliphatic carbocycles. The molecule has 0 amide bonds. The average Bonchev–Trinajstić information content (AvgIpc) is 3.33. The van der Waals surface area contributed by atoms with Crippen LogP contribution in [0, 0.1) is 47.4 Å². The summed E-state index contributed by atoms with van der Waals surface area (Å²) in [6.07, 6.45) is 26.8. The number of carbonyl (C=O) groups excluding carboxylic acids is 2. The van der Waals surface area contributed by atoms with Gasteiger partial charge in [0.1, 0.15) is 0 Å². The SMILES string of the molecule is CCCCC#CCCOC(CCCC(=O)OCCCCCCN(CCCO)CCCCCCOC(=O)CCCC(OCCC#CCCCC)OCCC#CCCCC)OCCC#CCCCC. The highest BCUT2D eigenvalue weighted by molar-refractivity contribution is 5.69. The minimum atomic E-state index is -0.369. The lowest BCUT2D eigenvalue weighted by atomic mass is 10.1. The summed E-state index contributed by atoms with van der Waals surface area (Å²) in [6.45, 7) is 14.7. The number of aliphatic hydroxyl groups is 1. The molecule has 0 aromatic carbocycles. The third-order valence-corrected chi connectivity index (χ3v) is 10.8. The molecule has 10 nitrogen and oxygen atoms in total. The molecular formula is C57H97NO9. The first kappa shape index (κ1) is 63.9. The first-order valence-electron chi connectivity index (χ1n) is 26.9. The van der Waals surface area contributed by atoms with Gasteiger partial charge in [0.05, 0.1) is 39.6 Å². The Labute approximate surface area is 411 Å².